The van der Waals surface area contributed by atoms with Crippen LogP contribution in [0.4, 0.5) is 0 Å². The van der Waals surface area contributed by atoms with Crippen molar-refractivity contribution in [2.45, 2.75) is 19.5 Å². The van der Waals surface area contributed by atoms with Gasteiger partial charge in [-0.1, -0.05) is 12.1 Å². The standard InChI is InChI=1S/C18H20N4S/c1-13-21-16-5-4-14(9-18(16)23-13)12-22-8-7-20-11-17(22)15-3-2-6-19-10-15/h2-6,9-10,17,20H,7-8,11-12H2,1H3. The lowest BCUT2D eigenvalue weighted by atomic mass is 10.0. The molecule has 0 aliphatic carbocycles. The molecule has 0 spiro atoms. The largest absolute Gasteiger partial charge is 0.314 e. The molecule has 0 bridgehead atoms. The lowest BCUT2D eigenvalue weighted by Crippen LogP contribution is -2.45. The zero-order valence-electron chi connectivity index (χ0n) is 13.2. The molecule has 3 aromatic rings. The number of fused-ring (bicyclic) bond motifs is 1. The third-order valence-electron chi connectivity index (χ3n) is 4.37. The highest BCUT2D eigenvalue weighted by molar-refractivity contribution is 7.18. The number of hydrogen-bond acceptors (Lipinski definition) is 5. The molecule has 0 radical (unpaired) electrons. The Hall–Kier alpha value is -1.82. The summed E-state index contributed by atoms with van der Waals surface area (Å²) >= 11 is 1.77. The Balaban J connectivity index is 1.59. The zero-order valence-corrected chi connectivity index (χ0v) is 14.0. The predicted molar refractivity (Wildman–Crippen MR) is 94.6 cm³/mol. The monoisotopic (exact) mass is 324 g/mol. The van der Waals surface area contributed by atoms with Gasteiger partial charge < -0.3 is 5.32 Å². The highest BCUT2D eigenvalue weighted by Gasteiger charge is 2.23. The molecule has 1 atom stereocenters. The predicted octanol–water partition coefficient (Wildman–Crippen LogP) is 3.15. The van der Waals surface area contributed by atoms with E-state index in [1.807, 2.05) is 18.5 Å². The van der Waals surface area contributed by atoms with Gasteiger partial charge in [-0.05, 0) is 36.2 Å². The van der Waals surface area contributed by atoms with E-state index in [0.29, 0.717) is 6.04 Å². The van der Waals surface area contributed by atoms with Crippen LogP contribution in [0.3, 0.4) is 0 Å². The van der Waals surface area contributed by atoms with Gasteiger partial charge in [0.2, 0.25) is 0 Å². The Morgan fingerprint density at radius 2 is 2.30 bits per heavy atom. The minimum Gasteiger partial charge on any atom is -0.314 e. The van der Waals surface area contributed by atoms with E-state index in [0.717, 1.165) is 36.7 Å². The van der Waals surface area contributed by atoms with Crippen LogP contribution in [0.2, 0.25) is 0 Å². The van der Waals surface area contributed by atoms with Crippen LogP contribution in [-0.2, 0) is 6.54 Å². The first-order chi connectivity index (χ1) is 11.3. The molecule has 4 rings (SSSR count). The smallest absolute Gasteiger partial charge is 0.0907 e. The summed E-state index contributed by atoms with van der Waals surface area (Å²) in [7, 11) is 0. The summed E-state index contributed by atoms with van der Waals surface area (Å²) in [6.45, 7) is 6.11. The van der Waals surface area contributed by atoms with E-state index in [-0.39, 0.29) is 0 Å². The second kappa shape index (κ2) is 6.35. The number of aryl methyl sites for hydroxylation is 1. The maximum absolute atomic E-state index is 4.55. The second-order valence-corrected chi connectivity index (χ2v) is 7.25. The van der Waals surface area contributed by atoms with Gasteiger partial charge in [-0.25, -0.2) is 4.98 Å². The Morgan fingerprint density at radius 1 is 1.35 bits per heavy atom. The SMILES string of the molecule is Cc1nc2ccc(CN3CCNCC3c3cccnc3)cc2s1. The number of benzene rings is 1. The van der Waals surface area contributed by atoms with E-state index in [1.165, 1.54) is 15.8 Å². The van der Waals surface area contributed by atoms with E-state index in [2.05, 4.69) is 51.4 Å². The van der Waals surface area contributed by atoms with E-state index >= 15 is 0 Å². The highest BCUT2D eigenvalue weighted by Crippen LogP contribution is 2.26. The minimum atomic E-state index is 0.386. The first-order valence-corrected chi connectivity index (χ1v) is 8.82. The van der Waals surface area contributed by atoms with Gasteiger partial charge in [-0.3, -0.25) is 9.88 Å². The first kappa shape index (κ1) is 14.8. The fourth-order valence-electron chi connectivity index (χ4n) is 3.25. The third kappa shape index (κ3) is 3.13. The Morgan fingerprint density at radius 3 is 3.17 bits per heavy atom. The Bertz CT molecular complexity index is 799. The van der Waals surface area contributed by atoms with Crippen molar-refractivity contribution in [1.82, 2.24) is 20.2 Å². The second-order valence-electron chi connectivity index (χ2n) is 6.01. The van der Waals surface area contributed by atoms with Crippen molar-refractivity contribution in [3.63, 3.8) is 0 Å². The molecule has 1 unspecified atom stereocenters. The van der Waals surface area contributed by atoms with Crippen molar-refractivity contribution in [2.75, 3.05) is 19.6 Å². The lowest BCUT2D eigenvalue weighted by Gasteiger charge is -2.36. The third-order valence-corrected chi connectivity index (χ3v) is 5.30. The minimum absolute atomic E-state index is 0.386. The molecule has 1 saturated heterocycles. The summed E-state index contributed by atoms with van der Waals surface area (Å²) in [4.78, 5) is 11.4. The van der Waals surface area contributed by atoms with Gasteiger partial charge in [-0.15, -0.1) is 11.3 Å². The van der Waals surface area contributed by atoms with Gasteiger partial charge in [0.1, 0.15) is 0 Å². The van der Waals surface area contributed by atoms with E-state index < -0.39 is 0 Å². The number of nitrogens with one attached hydrogen (secondary N) is 1. The van der Waals surface area contributed by atoms with Crippen LogP contribution in [0.1, 0.15) is 22.2 Å². The van der Waals surface area contributed by atoms with Crippen molar-refractivity contribution in [1.29, 1.82) is 0 Å². The molecule has 23 heavy (non-hydrogen) atoms. The molecule has 0 amide bonds. The number of thiazole rings is 1. The molecule has 4 nitrogen and oxygen atoms in total. The summed E-state index contributed by atoms with van der Waals surface area (Å²) in [5.74, 6) is 0. The molecule has 0 saturated carbocycles. The van der Waals surface area contributed by atoms with Crippen molar-refractivity contribution in [2.24, 2.45) is 0 Å². The van der Waals surface area contributed by atoms with Crippen molar-refractivity contribution < 1.29 is 0 Å². The normalized spacial score (nSPS) is 19.3. The molecule has 1 N–H and O–H groups in total. The Labute approximate surface area is 140 Å². The molecule has 2 aromatic heterocycles. The molecular weight excluding hydrogens is 304 g/mol. The molecule has 5 heteroatoms. The summed E-state index contributed by atoms with van der Waals surface area (Å²) in [6, 6.07) is 11.2. The van der Waals surface area contributed by atoms with E-state index in [1.54, 1.807) is 11.3 Å². The van der Waals surface area contributed by atoms with Crippen LogP contribution in [0.5, 0.6) is 0 Å². The van der Waals surface area contributed by atoms with E-state index in [9.17, 15) is 0 Å². The van der Waals surface area contributed by atoms with Gasteiger partial charge in [0.15, 0.2) is 0 Å². The van der Waals surface area contributed by atoms with Gasteiger partial charge in [0, 0.05) is 44.6 Å². The maximum atomic E-state index is 4.55. The zero-order chi connectivity index (χ0) is 15.6. The lowest BCUT2D eigenvalue weighted by molar-refractivity contribution is 0.153. The summed E-state index contributed by atoms with van der Waals surface area (Å²) in [5, 5.41) is 4.64. The van der Waals surface area contributed by atoms with Crippen LogP contribution < -0.4 is 5.32 Å². The Kier molecular flexibility index (Phi) is 4.08. The summed E-state index contributed by atoms with van der Waals surface area (Å²) < 4.78 is 1.29. The van der Waals surface area contributed by atoms with E-state index in [4.69, 9.17) is 0 Å². The molecule has 1 aromatic carbocycles. The first-order valence-electron chi connectivity index (χ1n) is 8.00. The van der Waals surface area contributed by atoms with Crippen molar-refractivity contribution >= 4 is 21.6 Å². The van der Waals surface area contributed by atoms with Gasteiger partial charge in [0.25, 0.3) is 0 Å². The molecular formula is C18H20N4S. The van der Waals surface area contributed by atoms with Gasteiger partial charge in [0.05, 0.1) is 15.2 Å². The number of pyridine rings is 1. The van der Waals surface area contributed by atoms with Crippen molar-refractivity contribution in [3.8, 4) is 0 Å². The number of nitrogens with zero attached hydrogens (tertiary/aromatic N) is 3. The topological polar surface area (TPSA) is 41.1 Å². The maximum Gasteiger partial charge on any atom is 0.0907 e. The molecule has 1 aliphatic rings. The molecule has 1 aliphatic heterocycles. The van der Waals surface area contributed by atoms with Crippen LogP contribution in [0.25, 0.3) is 10.2 Å². The summed E-state index contributed by atoms with van der Waals surface area (Å²) in [6.07, 6.45) is 3.82. The summed E-state index contributed by atoms with van der Waals surface area (Å²) in [5.41, 5.74) is 3.76. The average Bonchev–Trinajstić information content (AvgIpc) is 2.95. The van der Waals surface area contributed by atoms with Gasteiger partial charge in [-0.2, -0.15) is 0 Å². The highest BCUT2D eigenvalue weighted by atomic mass is 32.1. The number of piperazine rings is 1. The number of rotatable bonds is 3. The molecule has 3 heterocycles. The van der Waals surface area contributed by atoms with Crippen LogP contribution in [0, 0.1) is 6.92 Å². The fraction of sp³-hybridized carbons (Fsp3) is 0.333. The average molecular weight is 324 g/mol. The van der Waals surface area contributed by atoms with Crippen LogP contribution in [-0.4, -0.2) is 34.5 Å². The molecule has 1 fully saturated rings. The van der Waals surface area contributed by atoms with Crippen LogP contribution in [0.15, 0.2) is 42.7 Å². The van der Waals surface area contributed by atoms with Crippen molar-refractivity contribution in [3.05, 3.63) is 58.9 Å². The van der Waals surface area contributed by atoms with Crippen LogP contribution >= 0.6 is 11.3 Å². The van der Waals surface area contributed by atoms with Gasteiger partial charge >= 0.3 is 0 Å². The molecule has 118 valence electrons. The number of aromatic nitrogens is 2. The fourth-order valence-corrected chi connectivity index (χ4v) is 4.15. The number of hydrogen-bond donors (Lipinski definition) is 1. The quantitative estimate of drug-likeness (QED) is 0.803.